The maximum atomic E-state index is 13.4. The van der Waals surface area contributed by atoms with Gasteiger partial charge in [-0.25, -0.2) is 8.78 Å². The van der Waals surface area contributed by atoms with Crippen LogP contribution in [0.4, 0.5) is 8.78 Å². The van der Waals surface area contributed by atoms with Crippen LogP contribution in [-0.2, 0) is 0 Å². The highest BCUT2D eigenvalue weighted by Crippen LogP contribution is 2.18. The van der Waals surface area contributed by atoms with Crippen LogP contribution in [-0.4, -0.2) is 31.8 Å². The second-order valence-electron chi connectivity index (χ2n) is 4.43. The first-order chi connectivity index (χ1) is 7.75. The number of nitrogens with one attached hydrogen (secondary N) is 2. The zero-order valence-corrected chi connectivity index (χ0v) is 9.31. The van der Waals surface area contributed by atoms with Crippen molar-refractivity contribution in [2.24, 2.45) is 0 Å². The molecule has 0 spiro atoms. The van der Waals surface area contributed by atoms with E-state index >= 15 is 0 Å². The van der Waals surface area contributed by atoms with Crippen molar-refractivity contribution in [2.45, 2.75) is 31.5 Å². The molecule has 90 valence electrons. The maximum absolute atomic E-state index is 13.4. The molecule has 1 aliphatic heterocycles. The molecule has 2 atom stereocenters. The molecular formula is C12H18F2N2. The monoisotopic (exact) mass is 228 g/mol. The second-order valence-corrected chi connectivity index (χ2v) is 4.43. The van der Waals surface area contributed by atoms with Gasteiger partial charge in [0.15, 0.2) is 0 Å². The molecule has 0 saturated carbocycles. The second kappa shape index (κ2) is 5.55. The van der Waals surface area contributed by atoms with Gasteiger partial charge in [0, 0.05) is 25.6 Å². The molecule has 4 heteroatoms. The van der Waals surface area contributed by atoms with Gasteiger partial charge in [-0.05, 0) is 25.5 Å². The Labute approximate surface area is 94.8 Å². The van der Waals surface area contributed by atoms with Gasteiger partial charge in [0.2, 0.25) is 0 Å². The van der Waals surface area contributed by atoms with E-state index in [9.17, 15) is 8.78 Å². The molecule has 0 radical (unpaired) electrons. The standard InChI is InChI=1S/C12H18F2N2/c13-10-3-1-9(2-4-10)7-16-12-5-6-15-8-11(12)14/h1,3,11-12,15-16H,2,4-8H2/t11-,12+/m0/s1. The summed E-state index contributed by atoms with van der Waals surface area (Å²) in [6.45, 7) is 1.98. The van der Waals surface area contributed by atoms with Crippen LogP contribution in [0.5, 0.6) is 0 Å². The van der Waals surface area contributed by atoms with Gasteiger partial charge >= 0.3 is 0 Å². The Morgan fingerprint density at radius 2 is 2.25 bits per heavy atom. The topological polar surface area (TPSA) is 24.1 Å². The smallest absolute Gasteiger partial charge is 0.128 e. The van der Waals surface area contributed by atoms with Crippen LogP contribution in [0, 0.1) is 0 Å². The highest BCUT2D eigenvalue weighted by molar-refractivity contribution is 5.21. The number of halogens is 2. The summed E-state index contributed by atoms with van der Waals surface area (Å²) in [5.41, 5.74) is 1.16. The largest absolute Gasteiger partial charge is 0.314 e. The summed E-state index contributed by atoms with van der Waals surface area (Å²) in [6.07, 6.45) is 4.55. The van der Waals surface area contributed by atoms with E-state index in [1.165, 1.54) is 6.08 Å². The zero-order chi connectivity index (χ0) is 11.4. The fraction of sp³-hybridized carbons (Fsp3) is 0.667. The van der Waals surface area contributed by atoms with Gasteiger partial charge in [0.1, 0.15) is 12.0 Å². The molecule has 0 unspecified atom stereocenters. The first-order valence-corrected chi connectivity index (χ1v) is 5.88. The van der Waals surface area contributed by atoms with E-state index in [2.05, 4.69) is 10.6 Å². The third-order valence-corrected chi connectivity index (χ3v) is 3.18. The summed E-state index contributed by atoms with van der Waals surface area (Å²) in [5, 5.41) is 6.24. The van der Waals surface area contributed by atoms with Crippen LogP contribution in [0.25, 0.3) is 0 Å². The first-order valence-electron chi connectivity index (χ1n) is 5.88. The fourth-order valence-corrected chi connectivity index (χ4v) is 2.11. The predicted molar refractivity (Wildman–Crippen MR) is 60.7 cm³/mol. The molecule has 0 bridgehead atoms. The third kappa shape index (κ3) is 3.12. The molecule has 0 aromatic carbocycles. The van der Waals surface area contributed by atoms with Crippen molar-refractivity contribution in [1.29, 1.82) is 0 Å². The fourth-order valence-electron chi connectivity index (χ4n) is 2.11. The van der Waals surface area contributed by atoms with Crippen LogP contribution in [0.3, 0.4) is 0 Å². The van der Waals surface area contributed by atoms with Gasteiger partial charge in [0.25, 0.3) is 0 Å². The van der Waals surface area contributed by atoms with Gasteiger partial charge < -0.3 is 10.6 Å². The van der Waals surface area contributed by atoms with E-state index in [0.717, 1.165) is 25.0 Å². The SMILES string of the molecule is FC1=CC=C(CN[C@@H]2CCNC[C@@H]2F)CC1. The number of hydrogen-bond donors (Lipinski definition) is 2. The summed E-state index contributed by atoms with van der Waals surface area (Å²) in [4.78, 5) is 0. The van der Waals surface area contributed by atoms with Crippen molar-refractivity contribution in [2.75, 3.05) is 19.6 Å². The quantitative estimate of drug-likeness (QED) is 0.770. The lowest BCUT2D eigenvalue weighted by Crippen LogP contribution is -2.49. The molecule has 2 rings (SSSR count). The molecule has 0 aromatic heterocycles. The lowest BCUT2D eigenvalue weighted by molar-refractivity contribution is 0.206. The molecule has 2 nitrogen and oxygen atoms in total. The van der Waals surface area contributed by atoms with Crippen LogP contribution < -0.4 is 10.6 Å². The molecule has 16 heavy (non-hydrogen) atoms. The number of hydrogen-bond acceptors (Lipinski definition) is 2. The van der Waals surface area contributed by atoms with E-state index in [0.29, 0.717) is 19.5 Å². The first kappa shape index (κ1) is 11.7. The lowest BCUT2D eigenvalue weighted by Gasteiger charge is -2.28. The average molecular weight is 228 g/mol. The van der Waals surface area contributed by atoms with Crippen molar-refractivity contribution < 1.29 is 8.78 Å². The number of rotatable bonds is 3. The van der Waals surface area contributed by atoms with Crippen molar-refractivity contribution >= 4 is 0 Å². The Bertz CT molecular complexity index is 299. The van der Waals surface area contributed by atoms with Gasteiger partial charge in [-0.2, -0.15) is 0 Å². The Balaban J connectivity index is 1.78. The summed E-state index contributed by atoms with van der Waals surface area (Å²) < 4.78 is 26.2. The number of alkyl halides is 1. The Hall–Kier alpha value is -0.740. The van der Waals surface area contributed by atoms with E-state index in [-0.39, 0.29) is 11.9 Å². The molecule has 2 N–H and O–H groups in total. The van der Waals surface area contributed by atoms with Crippen molar-refractivity contribution in [3.8, 4) is 0 Å². The van der Waals surface area contributed by atoms with Crippen LogP contribution in [0.15, 0.2) is 23.6 Å². The van der Waals surface area contributed by atoms with Crippen LogP contribution in [0.1, 0.15) is 19.3 Å². The summed E-state index contributed by atoms with van der Waals surface area (Å²) >= 11 is 0. The van der Waals surface area contributed by atoms with Gasteiger partial charge in [-0.1, -0.05) is 11.6 Å². The molecule has 1 heterocycles. The molecule has 0 aromatic rings. The summed E-state index contributed by atoms with van der Waals surface area (Å²) in [7, 11) is 0. The normalized spacial score (nSPS) is 30.9. The van der Waals surface area contributed by atoms with E-state index in [1.807, 2.05) is 0 Å². The third-order valence-electron chi connectivity index (χ3n) is 3.18. The van der Waals surface area contributed by atoms with Gasteiger partial charge in [-0.15, -0.1) is 0 Å². The van der Waals surface area contributed by atoms with Crippen molar-refractivity contribution in [3.63, 3.8) is 0 Å². The number of allylic oxidation sites excluding steroid dienone is 3. The highest BCUT2D eigenvalue weighted by atomic mass is 19.1. The average Bonchev–Trinajstić information content (AvgIpc) is 2.30. The highest BCUT2D eigenvalue weighted by Gasteiger charge is 2.23. The minimum Gasteiger partial charge on any atom is -0.314 e. The minimum absolute atomic E-state index is 0.0575. The molecule has 2 aliphatic rings. The van der Waals surface area contributed by atoms with E-state index in [1.54, 1.807) is 6.08 Å². The van der Waals surface area contributed by atoms with Crippen LogP contribution in [0.2, 0.25) is 0 Å². The number of piperidine rings is 1. The molecule has 0 amide bonds. The summed E-state index contributed by atoms with van der Waals surface area (Å²) in [6, 6.07) is -0.0575. The predicted octanol–water partition coefficient (Wildman–Crippen LogP) is 1.85. The van der Waals surface area contributed by atoms with Crippen molar-refractivity contribution in [1.82, 2.24) is 10.6 Å². The molecular weight excluding hydrogens is 210 g/mol. The molecule has 1 fully saturated rings. The lowest BCUT2D eigenvalue weighted by atomic mass is 10.0. The van der Waals surface area contributed by atoms with Crippen LogP contribution >= 0.6 is 0 Å². The molecule has 1 saturated heterocycles. The Morgan fingerprint density at radius 1 is 1.38 bits per heavy atom. The zero-order valence-electron chi connectivity index (χ0n) is 9.31. The maximum Gasteiger partial charge on any atom is 0.128 e. The Kier molecular flexibility index (Phi) is 4.07. The van der Waals surface area contributed by atoms with E-state index < -0.39 is 6.17 Å². The van der Waals surface area contributed by atoms with Crippen molar-refractivity contribution in [3.05, 3.63) is 23.6 Å². The molecule has 1 aliphatic carbocycles. The van der Waals surface area contributed by atoms with Gasteiger partial charge in [-0.3, -0.25) is 0 Å². The Morgan fingerprint density at radius 3 is 2.94 bits per heavy atom. The summed E-state index contributed by atoms with van der Waals surface area (Å²) in [5.74, 6) is -0.0611. The van der Waals surface area contributed by atoms with Gasteiger partial charge in [0.05, 0.1) is 0 Å². The minimum atomic E-state index is -0.815. The van der Waals surface area contributed by atoms with E-state index in [4.69, 9.17) is 0 Å².